The van der Waals surface area contributed by atoms with E-state index in [1.165, 1.54) is 0 Å². The van der Waals surface area contributed by atoms with Crippen LogP contribution in [0.2, 0.25) is 5.15 Å². The summed E-state index contributed by atoms with van der Waals surface area (Å²) in [7, 11) is 0. The molecule has 156 valence electrons. The van der Waals surface area contributed by atoms with Gasteiger partial charge in [-0.25, -0.2) is 9.78 Å². The summed E-state index contributed by atoms with van der Waals surface area (Å²) in [5.74, 6) is -1.24. The summed E-state index contributed by atoms with van der Waals surface area (Å²) in [5.41, 5.74) is 8.85. The summed E-state index contributed by atoms with van der Waals surface area (Å²) < 4.78 is 11.1. The zero-order chi connectivity index (χ0) is 22.4. The molecule has 1 aliphatic rings. The van der Waals surface area contributed by atoms with E-state index >= 15 is 0 Å². The molecule has 0 saturated carbocycles. The zero-order valence-corrected chi connectivity index (χ0v) is 18.6. The Labute approximate surface area is 180 Å². The summed E-state index contributed by atoms with van der Waals surface area (Å²) in [6, 6.07) is 7.93. The van der Waals surface area contributed by atoms with Gasteiger partial charge in [0.25, 0.3) is 0 Å². The van der Waals surface area contributed by atoms with E-state index in [1.54, 1.807) is 27.7 Å². The van der Waals surface area contributed by atoms with Crippen molar-refractivity contribution in [2.75, 3.05) is 0 Å². The lowest BCUT2D eigenvalue weighted by Crippen LogP contribution is -2.30. The number of esters is 1. The molecule has 1 atom stereocenters. The number of pyridine rings is 1. The van der Waals surface area contributed by atoms with E-state index in [2.05, 4.69) is 11.1 Å². The van der Waals surface area contributed by atoms with Crippen LogP contribution in [0.25, 0.3) is 10.9 Å². The number of carbonyl (C=O) groups excluding carboxylic acids is 1. The molecule has 0 unspecified atom stereocenters. The number of benzene rings is 1. The maximum absolute atomic E-state index is 13.1. The summed E-state index contributed by atoms with van der Waals surface area (Å²) in [6.45, 7) is 10.9. The number of halogens is 1. The SMILES string of the molecule is CC1=C(C(=O)OC(C)(C)C)[C@H](c2cc3cc(C)cc(C)c3nc2Cl)C(C#N)=C(N)O1. The molecular formula is C23H24ClN3O3. The number of hydrogen-bond donors (Lipinski definition) is 1. The first-order valence-corrected chi connectivity index (χ1v) is 9.90. The number of nitriles is 1. The van der Waals surface area contributed by atoms with Gasteiger partial charge in [0.15, 0.2) is 0 Å². The first kappa shape index (κ1) is 21.7. The maximum atomic E-state index is 13.1. The molecule has 7 heteroatoms. The average Bonchev–Trinajstić information content (AvgIpc) is 2.59. The van der Waals surface area contributed by atoms with Crippen LogP contribution >= 0.6 is 11.6 Å². The Morgan fingerprint density at radius 1 is 1.27 bits per heavy atom. The van der Waals surface area contributed by atoms with Gasteiger partial charge >= 0.3 is 5.97 Å². The Balaban J connectivity index is 2.28. The van der Waals surface area contributed by atoms with Crippen LogP contribution in [0.4, 0.5) is 0 Å². The number of aryl methyl sites for hydroxylation is 2. The van der Waals surface area contributed by atoms with Crippen molar-refractivity contribution in [3.05, 3.63) is 62.8 Å². The van der Waals surface area contributed by atoms with Gasteiger partial charge in [-0.1, -0.05) is 23.2 Å². The first-order valence-electron chi connectivity index (χ1n) is 9.52. The van der Waals surface area contributed by atoms with Crippen LogP contribution in [-0.4, -0.2) is 16.6 Å². The highest BCUT2D eigenvalue weighted by atomic mass is 35.5. The van der Waals surface area contributed by atoms with Gasteiger partial charge in [-0.3, -0.25) is 0 Å². The van der Waals surface area contributed by atoms with E-state index in [-0.39, 0.29) is 27.9 Å². The Bertz CT molecular complexity index is 1170. The summed E-state index contributed by atoms with van der Waals surface area (Å²) >= 11 is 6.57. The minimum Gasteiger partial charge on any atom is -0.456 e. The topological polar surface area (TPSA) is 98.2 Å². The van der Waals surface area contributed by atoms with Crippen molar-refractivity contribution in [3.8, 4) is 6.07 Å². The lowest BCUT2D eigenvalue weighted by Gasteiger charge is -2.29. The van der Waals surface area contributed by atoms with Gasteiger partial charge < -0.3 is 15.2 Å². The van der Waals surface area contributed by atoms with Crippen molar-refractivity contribution in [1.82, 2.24) is 4.98 Å². The van der Waals surface area contributed by atoms with Crippen molar-refractivity contribution >= 4 is 28.5 Å². The molecule has 1 aliphatic heterocycles. The highest BCUT2D eigenvalue weighted by Crippen LogP contribution is 2.43. The highest BCUT2D eigenvalue weighted by molar-refractivity contribution is 6.31. The molecule has 0 bridgehead atoms. The third-order valence-electron chi connectivity index (χ3n) is 4.77. The van der Waals surface area contributed by atoms with Gasteiger partial charge in [-0.05, 0) is 59.2 Å². The van der Waals surface area contributed by atoms with Crippen molar-refractivity contribution < 1.29 is 14.3 Å². The molecule has 6 nitrogen and oxygen atoms in total. The van der Waals surface area contributed by atoms with Gasteiger partial charge in [0, 0.05) is 10.9 Å². The maximum Gasteiger partial charge on any atom is 0.338 e. The average molecular weight is 426 g/mol. The molecule has 0 saturated heterocycles. The second kappa shape index (κ2) is 7.66. The second-order valence-corrected chi connectivity index (χ2v) is 8.78. The minimum absolute atomic E-state index is 0.0658. The molecule has 0 radical (unpaired) electrons. The zero-order valence-electron chi connectivity index (χ0n) is 17.9. The number of aromatic nitrogens is 1. The molecule has 2 N–H and O–H groups in total. The monoisotopic (exact) mass is 425 g/mol. The van der Waals surface area contributed by atoms with Crippen molar-refractivity contribution in [2.24, 2.45) is 5.73 Å². The summed E-state index contributed by atoms with van der Waals surface area (Å²) in [6.07, 6.45) is 0. The minimum atomic E-state index is -0.844. The highest BCUT2D eigenvalue weighted by Gasteiger charge is 2.39. The Morgan fingerprint density at radius 3 is 2.53 bits per heavy atom. The fourth-order valence-electron chi connectivity index (χ4n) is 3.64. The summed E-state index contributed by atoms with van der Waals surface area (Å²) in [5, 5.41) is 10.8. The quantitative estimate of drug-likeness (QED) is 0.541. The van der Waals surface area contributed by atoms with E-state index in [0.717, 1.165) is 22.0 Å². The first-order chi connectivity index (χ1) is 13.9. The van der Waals surface area contributed by atoms with Gasteiger partial charge in [-0.2, -0.15) is 5.26 Å². The van der Waals surface area contributed by atoms with Crippen LogP contribution in [0, 0.1) is 25.2 Å². The Kier molecular flexibility index (Phi) is 5.53. The molecule has 2 heterocycles. The van der Waals surface area contributed by atoms with Gasteiger partial charge in [0.05, 0.1) is 17.0 Å². The molecular weight excluding hydrogens is 402 g/mol. The number of rotatable bonds is 2. The molecule has 1 aromatic carbocycles. The van der Waals surface area contributed by atoms with Crippen molar-refractivity contribution in [3.63, 3.8) is 0 Å². The fraction of sp³-hybridized carbons (Fsp3) is 0.348. The second-order valence-electron chi connectivity index (χ2n) is 8.42. The molecule has 2 aromatic rings. The van der Waals surface area contributed by atoms with Crippen LogP contribution in [0.3, 0.4) is 0 Å². The number of hydrogen-bond acceptors (Lipinski definition) is 6. The lowest BCUT2D eigenvalue weighted by atomic mass is 9.83. The van der Waals surface area contributed by atoms with E-state index < -0.39 is 17.5 Å². The molecule has 0 fully saturated rings. The van der Waals surface area contributed by atoms with E-state index in [1.807, 2.05) is 32.0 Å². The largest absolute Gasteiger partial charge is 0.456 e. The Morgan fingerprint density at radius 2 is 1.93 bits per heavy atom. The number of allylic oxidation sites excluding steroid dienone is 2. The van der Waals surface area contributed by atoms with Crippen molar-refractivity contribution in [1.29, 1.82) is 5.26 Å². The summed E-state index contributed by atoms with van der Waals surface area (Å²) in [4.78, 5) is 17.6. The van der Waals surface area contributed by atoms with Gasteiger partial charge in [0.1, 0.15) is 28.2 Å². The number of nitrogens with two attached hydrogens (primary N) is 1. The van der Waals surface area contributed by atoms with Crippen LogP contribution in [-0.2, 0) is 14.3 Å². The molecule has 3 rings (SSSR count). The lowest BCUT2D eigenvalue weighted by molar-refractivity contribution is -0.150. The smallest absolute Gasteiger partial charge is 0.338 e. The normalized spacial score (nSPS) is 17.1. The van der Waals surface area contributed by atoms with E-state index in [4.69, 9.17) is 26.8 Å². The third-order valence-corrected chi connectivity index (χ3v) is 5.07. The number of nitrogens with zero attached hydrogens (tertiary/aromatic N) is 2. The van der Waals surface area contributed by atoms with E-state index in [9.17, 15) is 10.1 Å². The van der Waals surface area contributed by atoms with Gasteiger partial charge in [-0.15, -0.1) is 0 Å². The molecule has 0 amide bonds. The molecule has 0 spiro atoms. The number of carbonyl (C=O) groups is 1. The van der Waals surface area contributed by atoms with E-state index in [0.29, 0.717) is 5.56 Å². The predicted molar refractivity (Wildman–Crippen MR) is 115 cm³/mol. The fourth-order valence-corrected chi connectivity index (χ4v) is 3.89. The predicted octanol–water partition coefficient (Wildman–Crippen LogP) is 4.93. The van der Waals surface area contributed by atoms with Crippen LogP contribution < -0.4 is 5.73 Å². The number of fused-ring (bicyclic) bond motifs is 1. The van der Waals surface area contributed by atoms with Crippen LogP contribution in [0.1, 0.15) is 50.3 Å². The number of ether oxygens (including phenoxy) is 2. The van der Waals surface area contributed by atoms with Crippen LogP contribution in [0.5, 0.6) is 0 Å². The molecule has 30 heavy (non-hydrogen) atoms. The van der Waals surface area contributed by atoms with Gasteiger partial charge in [0.2, 0.25) is 5.88 Å². The molecule has 1 aromatic heterocycles. The van der Waals surface area contributed by atoms with Crippen LogP contribution in [0.15, 0.2) is 41.0 Å². The Hall–Kier alpha value is -3.04. The third kappa shape index (κ3) is 3.99. The molecule has 0 aliphatic carbocycles. The standard InChI is InChI=1S/C23H24ClN3O3/c1-11-7-12(2)19-14(8-11)9-15(20(24)27-19)18-16(10-25)21(26)29-13(3)17(18)22(28)30-23(4,5)6/h7-9,18H,26H2,1-6H3/t18-/m1/s1. The van der Waals surface area contributed by atoms with Crippen molar-refractivity contribution in [2.45, 2.75) is 53.1 Å².